The molecule has 1 aromatic carbocycles. The maximum atomic E-state index is 12.3. The fourth-order valence-electron chi connectivity index (χ4n) is 2.14. The molecule has 8 heteroatoms. The Morgan fingerprint density at radius 1 is 1.18 bits per heavy atom. The second-order valence-corrected chi connectivity index (χ2v) is 7.91. The summed E-state index contributed by atoms with van der Waals surface area (Å²) in [5, 5.41) is 3.02. The summed E-state index contributed by atoms with van der Waals surface area (Å²) in [6.07, 6.45) is 2.39. The van der Waals surface area contributed by atoms with Gasteiger partial charge in [-0.1, -0.05) is 29.0 Å². The molecule has 118 valence electrons. The number of carbonyl (C=O) groups excluding carboxylic acids is 1. The van der Waals surface area contributed by atoms with Crippen molar-refractivity contribution in [3.8, 4) is 0 Å². The molecule has 0 aliphatic rings. The third-order valence-corrected chi connectivity index (χ3v) is 4.52. The van der Waals surface area contributed by atoms with Crippen molar-refractivity contribution in [3.05, 3.63) is 39.9 Å². The number of thiazole rings is 1. The van der Waals surface area contributed by atoms with Crippen molar-refractivity contribution in [1.29, 1.82) is 0 Å². The normalized spacial score (nSPS) is 11.3. The van der Waals surface area contributed by atoms with Gasteiger partial charge in [-0.25, -0.2) is 13.4 Å². The molecular weight excluding hydrogens is 322 g/mol. The zero-order valence-corrected chi connectivity index (χ0v) is 14.4. The lowest BCUT2D eigenvalue weighted by Crippen LogP contribution is -2.12. The van der Waals surface area contributed by atoms with Crippen LogP contribution in [-0.2, 0) is 10.0 Å². The third kappa shape index (κ3) is 4.05. The average molecular weight is 339 g/mol. The number of aryl methyl sites for hydroxylation is 3. The molecule has 22 heavy (non-hydrogen) atoms. The number of amides is 1. The third-order valence-electron chi connectivity index (χ3n) is 2.92. The number of benzene rings is 1. The van der Waals surface area contributed by atoms with E-state index in [2.05, 4.69) is 15.0 Å². The van der Waals surface area contributed by atoms with Crippen LogP contribution in [-0.4, -0.2) is 25.6 Å². The molecular formula is C14H17N3O3S2. The minimum absolute atomic E-state index is 0.171. The lowest BCUT2D eigenvalue weighted by atomic mass is 10.1. The van der Waals surface area contributed by atoms with E-state index < -0.39 is 10.0 Å². The first kappa shape index (κ1) is 16.4. The SMILES string of the molecule is Cc1cc(C)c(NC(=O)c2cnc(NS(C)(=O)=O)s2)c(C)c1. The van der Waals surface area contributed by atoms with E-state index >= 15 is 0 Å². The number of aromatic nitrogens is 1. The van der Waals surface area contributed by atoms with E-state index in [1.54, 1.807) is 0 Å². The second kappa shape index (κ2) is 6.05. The number of hydrogen-bond acceptors (Lipinski definition) is 5. The summed E-state index contributed by atoms with van der Waals surface area (Å²) in [5.41, 5.74) is 3.85. The van der Waals surface area contributed by atoms with Gasteiger partial charge in [0, 0.05) is 5.69 Å². The number of hydrogen-bond donors (Lipinski definition) is 2. The molecule has 0 unspecified atom stereocenters. The van der Waals surface area contributed by atoms with Gasteiger partial charge in [-0.2, -0.15) is 0 Å². The lowest BCUT2D eigenvalue weighted by molar-refractivity contribution is 0.103. The van der Waals surface area contributed by atoms with E-state index in [1.807, 2.05) is 32.9 Å². The van der Waals surface area contributed by atoms with Gasteiger partial charge in [0.15, 0.2) is 5.13 Å². The predicted molar refractivity (Wildman–Crippen MR) is 89.2 cm³/mol. The quantitative estimate of drug-likeness (QED) is 0.896. The second-order valence-electron chi connectivity index (χ2n) is 5.13. The number of rotatable bonds is 4. The number of sulfonamides is 1. The Morgan fingerprint density at radius 2 is 1.77 bits per heavy atom. The summed E-state index contributed by atoms with van der Waals surface area (Å²) in [5.74, 6) is -0.311. The van der Waals surface area contributed by atoms with Crippen molar-refractivity contribution in [2.45, 2.75) is 20.8 Å². The van der Waals surface area contributed by atoms with Gasteiger partial charge in [-0.15, -0.1) is 0 Å². The van der Waals surface area contributed by atoms with Crippen molar-refractivity contribution >= 4 is 38.1 Å². The van der Waals surface area contributed by atoms with Crippen LogP contribution in [0.5, 0.6) is 0 Å². The first-order valence-corrected chi connectivity index (χ1v) is 9.19. The van der Waals surface area contributed by atoms with Crippen molar-refractivity contribution < 1.29 is 13.2 Å². The van der Waals surface area contributed by atoms with Crippen molar-refractivity contribution in [2.75, 3.05) is 16.3 Å². The van der Waals surface area contributed by atoms with Crippen LogP contribution in [0, 0.1) is 20.8 Å². The molecule has 0 atom stereocenters. The molecule has 1 aromatic heterocycles. The molecule has 0 spiro atoms. The molecule has 6 nitrogen and oxygen atoms in total. The molecule has 0 radical (unpaired) electrons. The highest BCUT2D eigenvalue weighted by molar-refractivity contribution is 7.92. The van der Waals surface area contributed by atoms with Gasteiger partial charge in [-0.05, 0) is 31.9 Å². The van der Waals surface area contributed by atoms with E-state index in [4.69, 9.17) is 0 Å². The Balaban J connectivity index is 2.20. The summed E-state index contributed by atoms with van der Waals surface area (Å²) in [7, 11) is -3.40. The highest BCUT2D eigenvalue weighted by Gasteiger charge is 2.15. The van der Waals surface area contributed by atoms with Crippen LogP contribution in [0.2, 0.25) is 0 Å². The Hall–Kier alpha value is -1.93. The lowest BCUT2D eigenvalue weighted by Gasteiger charge is -2.11. The van der Waals surface area contributed by atoms with Crippen LogP contribution in [0.1, 0.15) is 26.4 Å². The largest absolute Gasteiger partial charge is 0.321 e. The van der Waals surface area contributed by atoms with Crippen molar-refractivity contribution in [2.24, 2.45) is 0 Å². The zero-order valence-electron chi connectivity index (χ0n) is 12.7. The molecule has 1 amide bonds. The minimum atomic E-state index is -3.40. The van der Waals surface area contributed by atoms with Crippen LogP contribution in [0.15, 0.2) is 18.3 Å². The van der Waals surface area contributed by atoms with Crippen LogP contribution < -0.4 is 10.0 Å². The molecule has 2 rings (SSSR count). The van der Waals surface area contributed by atoms with Crippen LogP contribution in [0.4, 0.5) is 10.8 Å². The molecule has 2 aromatic rings. The van der Waals surface area contributed by atoms with Gasteiger partial charge in [-0.3, -0.25) is 9.52 Å². The maximum Gasteiger partial charge on any atom is 0.267 e. The molecule has 0 fully saturated rings. The minimum Gasteiger partial charge on any atom is -0.321 e. The topological polar surface area (TPSA) is 88.2 Å². The van der Waals surface area contributed by atoms with Gasteiger partial charge in [0.1, 0.15) is 4.88 Å². The van der Waals surface area contributed by atoms with Gasteiger partial charge in [0.25, 0.3) is 5.91 Å². The van der Waals surface area contributed by atoms with Crippen LogP contribution in [0.3, 0.4) is 0 Å². The fourth-order valence-corrected chi connectivity index (χ4v) is 3.69. The molecule has 2 N–H and O–H groups in total. The van der Waals surface area contributed by atoms with Crippen molar-refractivity contribution in [1.82, 2.24) is 4.98 Å². The molecule has 0 bridgehead atoms. The Bertz CT molecular complexity index is 803. The fraction of sp³-hybridized carbons (Fsp3) is 0.286. The van der Waals surface area contributed by atoms with Crippen molar-refractivity contribution in [3.63, 3.8) is 0 Å². The monoisotopic (exact) mass is 339 g/mol. The number of anilines is 2. The highest BCUT2D eigenvalue weighted by atomic mass is 32.2. The van der Waals surface area contributed by atoms with E-state index in [0.29, 0.717) is 4.88 Å². The standard InChI is InChI=1S/C14H17N3O3S2/c1-8-5-9(2)12(10(3)6-8)16-13(18)11-7-15-14(21-11)17-22(4,19)20/h5-7H,1-4H3,(H,15,17)(H,16,18). The summed E-state index contributed by atoms with van der Waals surface area (Å²) < 4.78 is 24.5. The maximum absolute atomic E-state index is 12.3. The Morgan fingerprint density at radius 3 is 2.32 bits per heavy atom. The zero-order chi connectivity index (χ0) is 16.5. The number of nitrogens with zero attached hydrogens (tertiary/aromatic N) is 1. The molecule has 1 heterocycles. The first-order valence-electron chi connectivity index (χ1n) is 6.48. The number of nitrogens with one attached hydrogen (secondary N) is 2. The molecule has 0 aliphatic heterocycles. The van der Waals surface area contributed by atoms with E-state index in [1.165, 1.54) is 6.20 Å². The van der Waals surface area contributed by atoms with E-state index in [9.17, 15) is 13.2 Å². The highest BCUT2D eigenvalue weighted by Crippen LogP contribution is 2.25. The van der Waals surface area contributed by atoms with Crippen LogP contribution >= 0.6 is 11.3 Å². The van der Waals surface area contributed by atoms with Gasteiger partial charge >= 0.3 is 0 Å². The summed E-state index contributed by atoms with van der Waals surface area (Å²) >= 11 is 0.989. The summed E-state index contributed by atoms with van der Waals surface area (Å²) in [6.45, 7) is 5.86. The number of carbonyl (C=O) groups is 1. The molecule has 0 aliphatic carbocycles. The summed E-state index contributed by atoms with van der Waals surface area (Å²) in [4.78, 5) is 16.5. The average Bonchev–Trinajstić information content (AvgIpc) is 2.79. The van der Waals surface area contributed by atoms with Gasteiger partial charge < -0.3 is 5.32 Å². The Labute approximate surface area is 133 Å². The van der Waals surface area contributed by atoms with E-state index in [0.717, 1.165) is 40.0 Å². The van der Waals surface area contributed by atoms with Gasteiger partial charge in [0.2, 0.25) is 10.0 Å². The Kier molecular flexibility index (Phi) is 4.52. The molecule has 0 saturated carbocycles. The summed E-state index contributed by atoms with van der Waals surface area (Å²) in [6, 6.07) is 3.98. The van der Waals surface area contributed by atoms with E-state index in [-0.39, 0.29) is 11.0 Å². The van der Waals surface area contributed by atoms with Gasteiger partial charge in [0.05, 0.1) is 12.5 Å². The van der Waals surface area contributed by atoms with Crippen LogP contribution in [0.25, 0.3) is 0 Å². The first-order chi connectivity index (χ1) is 10.2. The predicted octanol–water partition coefficient (Wildman–Crippen LogP) is 2.69. The molecule has 0 saturated heterocycles. The smallest absolute Gasteiger partial charge is 0.267 e.